The number of rotatable bonds is 1. The first kappa shape index (κ1) is 15.6. The summed E-state index contributed by atoms with van der Waals surface area (Å²) in [5, 5.41) is 14.8. The zero-order valence-electron chi connectivity index (χ0n) is 15.0. The molecular weight excluding hydrogens is 310 g/mol. The van der Waals surface area contributed by atoms with Gasteiger partial charge in [0.15, 0.2) is 0 Å². The molecule has 0 fully saturated rings. The van der Waals surface area contributed by atoms with Crippen LogP contribution in [-0.4, -0.2) is 17.1 Å². The van der Waals surface area contributed by atoms with Crippen LogP contribution in [0.25, 0.3) is 11.9 Å². The van der Waals surface area contributed by atoms with Crippen LogP contribution in [0.3, 0.4) is 0 Å². The Morgan fingerprint density at radius 1 is 0.960 bits per heavy atom. The molecule has 0 spiro atoms. The van der Waals surface area contributed by atoms with E-state index in [1.54, 1.807) is 5.01 Å². The Morgan fingerprint density at radius 3 is 2.32 bits per heavy atom. The minimum atomic E-state index is 0.105. The van der Waals surface area contributed by atoms with Crippen LogP contribution in [0.4, 0.5) is 5.69 Å². The van der Waals surface area contributed by atoms with Gasteiger partial charge in [0.05, 0.1) is 11.4 Å². The summed E-state index contributed by atoms with van der Waals surface area (Å²) in [5.74, 6) is 0.215. The predicted octanol–water partition coefficient (Wildman–Crippen LogP) is 2.53. The van der Waals surface area contributed by atoms with E-state index in [1.807, 2.05) is 42.4 Å². The van der Waals surface area contributed by atoms with E-state index in [2.05, 4.69) is 50.5 Å². The Labute approximate surface area is 148 Å². The Morgan fingerprint density at radius 2 is 1.64 bits per heavy atom. The second-order valence-corrected chi connectivity index (χ2v) is 7.62. The number of aliphatic hydroxyl groups is 1. The van der Waals surface area contributed by atoms with Crippen LogP contribution in [0.2, 0.25) is 0 Å². The quantitative estimate of drug-likeness (QED) is 0.841. The summed E-state index contributed by atoms with van der Waals surface area (Å²) in [6.45, 7) is 6.59. The van der Waals surface area contributed by atoms with Crippen molar-refractivity contribution in [2.24, 2.45) is 0 Å². The fourth-order valence-corrected chi connectivity index (χ4v) is 3.37. The third-order valence-electron chi connectivity index (χ3n) is 4.79. The molecule has 0 saturated carbocycles. The molecule has 25 heavy (non-hydrogen) atoms. The first-order chi connectivity index (χ1) is 11.9. The lowest BCUT2D eigenvalue weighted by molar-refractivity contribution is 0.376. The highest BCUT2D eigenvalue weighted by Gasteiger charge is 2.32. The van der Waals surface area contributed by atoms with Crippen LogP contribution in [0, 0.1) is 0 Å². The van der Waals surface area contributed by atoms with E-state index in [-0.39, 0.29) is 11.3 Å². The van der Waals surface area contributed by atoms with Crippen molar-refractivity contribution in [3.05, 3.63) is 76.1 Å². The van der Waals surface area contributed by atoms with Gasteiger partial charge in [-0.05, 0) is 23.1 Å². The molecule has 2 aliphatic rings. The van der Waals surface area contributed by atoms with Gasteiger partial charge in [-0.1, -0.05) is 57.2 Å². The fourth-order valence-electron chi connectivity index (χ4n) is 3.37. The van der Waals surface area contributed by atoms with Crippen molar-refractivity contribution in [3.8, 4) is 0 Å². The molecule has 0 aromatic heterocycles. The van der Waals surface area contributed by atoms with E-state index in [4.69, 9.17) is 0 Å². The van der Waals surface area contributed by atoms with Crippen molar-refractivity contribution < 1.29 is 5.11 Å². The summed E-state index contributed by atoms with van der Waals surface area (Å²) >= 11 is 0. The van der Waals surface area contributed by atoms with Gasteiger partial charge in [-0.25, -0.2) is 5.01 Å². The summed E-state index contributed by atoms with van der Waals surface area (Å²) in [5.41, 5.74) is 7.37. The molecule has 2 N–H and O–H groups in total. The molecule has 128 valence electrons. The number of nitrogens with zero attached hydrogens (tertiary/aromatic N) is 2. The van der Waals surface area contributed by atoms with Crippen LogP contribution in [-0.2, 0) is 5.41 Å². The van der Waals surface area contributed by atoms with E-state index >= 15 is 0 Å². The summed E-state index contributed by atoms with van der Waals surface area (Å²) in [7, 11) is 1.95. The maximum atomic E-state index is 10.8. The molecule has 0 amide bonds. The van der Waals surface area contributed by atoms with Gasteiger partial charge in [-0.2, -0.15) is 0 Å². The first-order valence-corrected chi connectivity index (χ1v) is 8.51. The Hall–Kier alpha value is -2.88. The van der Waals surface area contributed by atoms with Crippen molar-refractivity contribution in [2.45, 2.75) is 26.2 Å². The Kier molecular flexibility index (Phi) is 3.32. The smallest absolute Gasteiger partial charge is 0.237 e. The highest BCUT2D eigenvalue weighted by molar-refractivity contribution is 5.75. The van der Waals surface area contributed by atoms with Crippen molar-refractivity contribution in [3.63, 3.8) is 0 Å². The Balaban J connectivity index is 1.80. The summed E-state index contributed by atoms with van der Waals surface area (Å²) in [6, 6.07) is 16.5. The zero-order chi connectivity index (χ0) is 17.8. The largest absolute Gasteiger partial charge is 0.492 e. The molecule has 2 aliphatic heterocycles. The molecule has 2 aromatic carbocycles. The third-order valence-corrected chi connectivity index (χ3v) is 4.79. The van der Waals surface area contributed by atoms with E-state index < -0.39 is 0 Å². The average Bonchev–Trinajstić information content (AvgIpc) is 2.93. The van der Waals surface area contributed by atoms with Gasteiger partial charge >= 0.3 is 0 Å². The van der Waals surface area contributed by atoms with E-state index in [9.17, 15) is 5.11 Å². The molecule has 0 radical (unpaired) electrons. The van der Waals surface area contributed by atoms with Crippen molar-refractivity contribution in [1.29, 1.82) is 0 Å². The molecule has 4 heteroatoms. The van der Waals surface area contributed by atoms with Crippen molar-refractivity contribution in [2.75, 3.05) is 12.1 Å². The number of anilines is 1. The standard InChI is InChI=1S/C21H23N3O/c1-21(2,3)15-9-11-16(12-10-15)24-20(25)19-18(22-24)17-8-6-5-7-14(17)13-23(19)4/h5-13,22,25H,1-4H3. The molecule has 2 aromatic rings. The lowest BCUT2D eigenvalue weighted by atomic mass is 9.87. The first-order valence-electron chi connectivity index (χ1n) is 8.51. The SMILES string of the molecule is CN1C=c2ccccc2=C2NN(c3ccc(C(C)(C)C)cc3)C(O)=C21. The number of hydrogen-bond donors (Lipinski definition) is 2. The topological polar surface area (TPSA) is 38.7 Å². The van der Waals surface area contributed by atoms with Crippen LogP contribution in [0.1, 0.15) is 26.3 Å². The van der Waals surface area contributed by atoms with Gasteiger partial charge in [0.2, 0.25) is 5.88 Å². The number of fused-ring (bicyclic) bond motifs is 2. The van der Waals surface area contributed by atoms with Gasteiger partial charge in [0.25, 0.3) is 0 Å². The van der Waals surface area contributed by atoms with Crippen LogP contribution < -0.4 is 20.9 Å². The highest BCUT2D eigenvalue weighted by Crippen LogP contribution is 2.31. The van der Waals surface area contributed by atoms with Gasteiger partial charge in [-0.15, -0.1) is 0 Å². The van der Waals surface area contributed by atoms with E-state index in [1.165, 1.54) is 5.56 Å². The predicted molar refractivity (Wildman–Crippen MR) is 102 cm³/mol. The number of hydrogen-bond acceptors (Lipinski definition) is 4. The Bertz CT molecular complexity index is 981. The summed E-state index contributed by atoms with van der Waals surface area (Å²) in [6.07, 6.45) is 2.04. The summed E-state index contributed by atoms with van der Waals surface area (Å²) in [4.78, 5) is 1.96. The molecule has 4 rings (SSSR count). The molecule has 0 saturated heterocycles. The fraction of sp³-hybridized carbons (Fsp3) is 0.238. The summed E-state index contributed by atoms with van der Waals surface area (Å²) < 4.78 is 0. The van der Waals surface area contributed by atoms with Gasteiger partial charge in [0.1, 0.15) is 5.70 Å². The third kappa shape index (κ3) is 2.45. The highest BCUT2D eigenvalue weighted by atomic mass is 16.3. The normalized spacial score (nSPS) is 16.4. The van der Waals surface area contributed by atoms with Crippen molar-refractivity contribution in [1.82, 2.24) is 10.3 Å². The molecule has 4 nitrogen and oxygen atoms in total. The maximum Gasteiger partial charge on any atom is 0.237 e. The number of likely N-dealkylation sites (N-methyl/N-ethyl adjacent to an activating group) is 1. The lowest BCUT2D eigenvalue weighted by Gasteiger charge is -2.22. The minimum Gasteiger partial charge on any atom is -0.492 e. The zero-order valence-corrected chi connectivity index (χ0v) is 15.0. The molecule has 0 aliphatic carbocycles. The lowest BCUT2D eigenvalue weighted by Crippen LogP contribution is -2.40. The van der Waals surface area contributed by atoms with Crippen LogP contribution in [0.5, 0.6) is 0 Å². The average molecular weight is 333 g/mol. The van der Waals surface area contributed by atoms with Crippen molar-refractivity contribution >= 4 is 17.6 Å². The monoisotopic (exact) mass is 333 g/mol. The molecule has 0 atom stereocenters. The van der Waals surface area contributed by atoms with Gasteiger partial charge < -0.3 is 10.0 Å². The van der Waals surface area contributed by atoms with Gasteiger partial charge in [-0.3, -0.25) is 5.43 Å². The maximum absolute atomic E-state index is 10.8. The van der Waals surface area contributed by atoms with Crippen LogP contribution >= 0.6 is 0 Å². The number of benzene rings is 2. The second kappa shape index (κ2) is 5.31. The van der Waals surface area contributed by atoms with E-state index in [0.29, 0.717) is 0 Å². The van der Waals surface area contributed by atoms with Gasteiger partial charge in [0, 0.05) is 23.7 Å². The number of aliphatic hydroxyl groups excluding tert-OH is 1. The minimum absolute atomic E-state index is 0.105. The number of hydrazine groups is 1. The van der Waals surface area contributed by atoms with Crippen LogP contribution in [0.15, 0.2) is 60.1 Å². The molecule has 2 heterocycles. The van der Waals surface area contributed by atoms with E-state index in [0.717, 1.165) is 27.5 Å². The molecular formula is C21H23N3O. The molecule has 0 bridgehead atoms. The number of nitrogens with one attached hydrogen (secondary N) is 1. The molecule has 0 unspecified atom stereocenters. The second-order valence-electron chi connectivity index (χ2n) is 7.62.